The third-order valence-electron chi connectivity index (χ3n) is 4.82. The number of fused-ring (bicyclic) bond motifs is 1. The number of amides is 1. The standard InChI is InChI=1S/C16H20N4O4/c1-8-15(9(2)23-18-8)16(21)20-6-11-4-12(22-13(11)7-20)5-14-17-10(3)19-24-14/h11-13H,4-7H2,1-3H3/t11-,12+,13+/m0/s1. The van der Waals surface area contributed by atoms with Gasteiger partial charge in [0.05, 0.1) is 24.3 Å². The van der Waals surface area contributed by atoms with Crippen LogP contribution in [0.25, 0.3) is 0 Å². The number of nitrogens with zero attached hydrogens (tertiary/aromatic N) is 4. The molecule has 0 aliphatic carbocycles. The molecule has 24 heavy (non-hydrogen) atoms. The maximum atomic E-state index is 12.7. The van der Waals surface area contributed by atoms with Crippen molar-refractivity contribution in [3.8, 4) is 0 Å². The minimum absolute atomic E-state index is 0.0201. The van der Waals surface area contributed by atoms with E-state index in [-0.39, 0.29) is 18.1 Å². The number of aromatic nitrogens is 3. The first kappa shape index (κ1) is 15.3. The molecule has 0 bridgehead atoms. The number of likely N-dealkylation sites (tertiary alicyclic amines) is 1. The second kappa shape index (κ2) is 5.70. The maximum absolute atomic E-state index is 12.7. The zero-order chi connectivity index (χ0) is 16.8. The summed E-state index contributed by atoms with van der Waals surface area (Å²) in [4.78, 5) is 18.8. The fourth-order valence-corrected chi connectivity index (χ4v) is 3.72. The van der Waals surface area contributed by atoms with Gasteiger partial charge in [0.15, 0.2) is 5.82 Å². The highest BCUT2D eigenvalue weighted by molar-refractivity contribution is 5.96. The highest BCUT2D eigenvalue weighted by Crippen LogP contribution is 2.35. The fourth-order valence-electron chi connectivity index (χ4n) is 3.72. The molecule has 0 N–H and O–H groups in total. The van der Waals surface area contributed by atoms with Gasteiger partial charge in [-0.1, -0.05) is 10.3 Å². The molecule has 4 heterocycles. The highest BCUT2D eigenvalue weighted by Gasteiger charge is 2.44. The van der Waals surface area contributed by atoms with Crippen LogP contribution in [0.15, 0.2) is 9.05 Å². The number of carbonyl (C=O) groups excluding carboxylic acids is 1. The van der Waals surface area contributed by atoms with E-state index in [0.717, 1.165) is 6.42 Å². The summed E-state index contributed by atoms with van der Waals surface area (Å²) < 4.78 is 16.4. The molecule has 2 aromatic rings. The van der Waals surface area contributed by atoms with Crippen molar-refractivity contribution in [1.29, 1.82) is 0 Å². The predicted octanol–water partition coefficient (Wildman–Crippen LogP) is 1.46. The predicted molar refractivity (Wildman–Crippen MR) is 81.4 cm³/mol. The molecule has 4 rings (SSSR count). The van der Waals surface area contributed by atoms with Crippen molar-refractivity contribution < 1.29 is 18.6 Å². The Kier molecular flexibility index (Phi) is 3.64. The third kappa shape index (κ3) is 2.60. The van der Waals surface area contributed by atoms with Crippen LogP contribution in [0.3, 0.4) is 0 Å². The first-order valence-corrected chi connectivity index (χ1v) is 8.18. The van der Waals surface area contributed by atoms with Crippen molar-refractivity contribution >= 4 is 5.91 Å². The molecule has 0 spiro atoms. The molecule has 128 valence electrons. The van der Waals surface area contributed by atoms with Gasteiger partial charge < -0.3 is 18.7 Å². The summed E-state index contributed by atoms with van der Waals surface area (Å²) in [5, 5.41) is 7.67. The number of aryl methyl sites for hydroxylation is 3. The van der Waals surface area contributed by atoms with Crippen LogP contribution in [0, 0.1) is 26.7 Å². The molecule has 0 unspecified atom stereocenters. The van der Waals surface area contributed by atoms with E-state index in [1.807, 2.05) is 4.90 Å². The van der Waals surface area contributed by atoms with Crippen molar-refractivity contribution in [3.63, 3.8) is 0 Å². The first-order chi connectivity index (χ1) is 11.5. The van der Waals surface area contributed by atoms with Crippen LogP contribution in [0.5, 0.6) is 0 Å². The van der Waals surface area contributed by atoms with Crippen molar-refractivity contribution in [2.45, 2.75) is 45.8 Å². The number of rotatable bonds is 3. The Bertz CT molecular complexity index is 734. The van der Waals surface area contributed by atoms with Gasteiger partial charge in [0.2, 0.25) is 5.89 Å². The van der Waals surface area contributed by atoms with Gasteiger partial charge in [0.1, 0.15) is 11.3 Å². The van der Waals surface area contributed by atoms with Crippen LogP contribution in [-0.2, 0) is 11.2 Å². The van der Waals surface area contributed by atoms with E-state index in [1.54, 1.807) is 20.8 Å². The highest BCUT2D eigenvalue weighted by atomic mass is 16.5. The van der Waals surface area contributed by atoms with Crippen molar-refractivity contribution in [2.75, 3.05) is 13.1 Å². The minimum Gasteiger partial charge on any atom is -0.372 e. The van der Waals surface area contributed by atoms with Crippen molar-refractivity contribution in [1.82, 2.24) is 20.2 Å². The summed E-state index contributed by atoms with van der Waals surface area (Å²) in [5.74, 6) is 2.15. The Morgan fingerprint density at radius 3 is 2.67 bits per heavy atom. The van der Waals surface area contributed by atoms with Crippen LogP contribution < -0.4 is 0 Å². The van der Waals surface area contributed by atoms with Gasteiger partial charge in [0.25, 0.3) is 5.91 Å². The molecule has 8 nitrogen and oxygen atoms in total. The molecule has 1 amide bonds. The number of ether oxygens (including phenoxy) is 1. The fraction of sp³-hybridized carbons (Fsp3) is 0.625. The zero-order valence-electron chi connectivity index (χ0n) is 14.0. The van der Waals surface area contributed by atoms with E-state index in [2.05, 4.69) is 15.3 Å². The van der Waals surface area contributed by atoms with Gasteiger partial charge >= 0.3 is 0 Å². The molecule has 0 radical (unpaired) electrons. The van der Waals surface area contributed by atoms with Gasteiger partial charge in [-0.2, -0.15) is 4.98 Å². The number of hydrogen-bond acceptors (Lipinski definition) is 7. The van der Waals surface area contributed by atoms with Crippen molar-refractivity contribution in [2.24, 2.45) is 5.92 Å². The molecule has 2 fully saturated rings. The third-order valence-corrected chi connectivity index (χ3v) is 4.82. The Morgan fingerprint density at radius 2 is 2.04 bits per heavy atom. The SMILES string of the molecule is Cc1noc(C[C@H]2C[C@H]3CN(C(=O)c4c(C)noc4C)C[C@H]3O2)n1. The number of hydrogen-bond donors (Lipinski definition) is 0. The summed E-state index contributed by atoms with van der Waals surface area (Å²) in [6.07, 6.45) is 1.68. The quantitative estimate of drug-likeness (QED) is 0.839. The second-order valence-corrected chi connectivity index (χ2v) is 6.64. The number of carbonyl (C=O) groups is 1. The Hall–Kier alpha value is -2.22. The van der Waals surface area contributed by atoms with Crippen LogP contribution in [0.1, 0.15) is 39.9 Å². The summed E-state index contributed by atoms with van der Waals surface area (Å²) >= 11 is 0. The van der Waals surface area contributed by atoms with E-state index in [0.29, 0.717) is 54.2 Å². The van der Waals surface area contributed by atoms with Crippen LogP contribution in [0.4, 0.5) is 0 Å². The molecule has 3 atom stereocenters. The van der Waals surface area contributed by atoms with E-state index in [9.17, 15) is 4.79 Å². The molecule has 2 aliphatic rings. The van der Waals surface area contributed by atoms with Gasteiger partial charge in [-0.05, 0) is 27.2 Å². The van der Waals surface area contributed by atoms with Crippen molar-refractivity contribution in [3.05, 3.63) is 28.7 Å². The van der Waals surface area contributed by atoms with Crippen LogP contribution in [0.2, 0.25) is 0 Å². The summed E-state index contributed by atoms with van der Waals surface area (Å²) in [5.41, 5.74) is 1.22. The first-order valence-electron chi connectivity index (χ1n) is 8.18. The van der Waals surface area contributed by atoms with Gasteiger partial charge in [-0.15, -0.1) is 0 Å². The van der Waals surface area contributed by atoms with E-state index in [1.165, 1.54) is 0 Å². The molecule has 2 saturated heterocycles. The summed E-state index contributed by atoms with van der Waals surface area (Å²) in [6, 6.07) is 0. The van der Waals surface area contributed by atoms with E-state index < -0.39 is 0 Å². The average molecular weight is 332 g/mol. The Balaban J connectivity index is 1.38. The Morgan fingerprint density at radius 1 is 1.21 bits per heavy atom. The normalized spacial score (nSPS) is 26.1. The largest absolute Gasteiger partial charge is 0.372 e. The lowest BCUT2D eigenvalue weighted by Gasteiger charge is -2.18. The molecule has 0 saturated carbocycles. The topological polar surface area (TPSA) is 94.5 Å². The molecule has 2 aromatic heterocycles. The lowest BCUT2D eigenvalue weighted by molar-refractivity contribution is 0.0329. The zero-order valence-corrected chi connectivity index (χ0v) is 14.0. The minimum atomic E-state index is -0.0201. The monoisotopic (exact) mass is 332 g/mol. The molecule has 8 heteroatoms. The molecule has 2 aliphatic heterocycles. The summed E-state index contributed by atoms with van der Waals surface area (Å²) in [6.45, 7) is 6.66. The average Bonchev–Trinajstić information content (AvgIpc) is 3.25. The Labute approximate surface area is 139 Å². The van der Waals surface area contributed by atoms with E-state index >= 15 is 0 Å². The molecular formula is C16H20N4O4. The molecular weight excluding hydrogens is 312 g/mol. The van der Waals surface area contributed by atoms with E-state index in [4.69, 9.17) is 13.8 Å². The van der Waals surface area contributed by atoms with Gasteiger partial charge in [-0.3, -0.25) is 4.79 Å². The summed E-state index contributed by atoms with van der Waals surface area (Å²) in [7, 11) is 0. The van der Waals surface area contributed by atoms with Gasteiger partial charge in [-0.25, -0.2) is 0 Å². The van der Waals surface area contributed by atoms with Gasteiger partial charge in [0, 0.05) is 19.0 Å². The van der Waals surface area contributed by atoms with Crippen LogP contribution in [-0.4, -0.2) is 51.4 Å². The van der Waals surface area contributed by atoms with Crippen LogP contribution >= 0.6 is 0 Å². The maximum Gasteiger partial charge on any atom is 0.259 e. The lowest BCUT2D eigenvalue weighted by atomic mass is 10.0. The second-order valence-electron chi connectivity index (χ2n) is 6.64. The smallest absolute Gasteiger partial charge is 0.259 e. The molecule has 0 aromatic carbocycles. The lowest BCUT2D eigenvalue weighted by Crippen LogP contribution is -2.32.